The van der Waals surface area contributed by atoms with Crippen LogP contribution in [0.3, 0.4) is 0 Å². The van der Waals surface area contributed by atoms with Gasteiger partial charge in [-0.05, 0) is 29.9 Å². The van der Waals surface area contributed by atoms with Gasteiger partial charge in [0.2, 0.25) is 15.9 Å². The van der Waals surface area contributed by atoms with Gasteiger partial charge in [0, 0.05) is 13.1 Å². The molecule has 1 aromatic rings. The van der Waals surface area contributed by atoms with Gasteiger partial charge >= 0.3 is 0 Å². The normalized spacial score (nSPS) is 16.5. The third-order valence-corrected chi connectivity index (χ3v) is 4.52. The number of fused-ring (bicyclic) bond motifs is 1. The van der Waals surface area contributed by atoms with Crippen molar-refractivity contribution in [1.82, 2.24) is 9.62 Å². The van der Waals surface area contributed by atoms with Crippen LogP contribution in [0.25, 0.3) is 0 Å². The van der Waals surface area contributed by atoms with Crippen LogP contribution in [-0.2, 0) is 27.8 Å². The molecule has 5 nitrogen and oxygen atoms in total. The van der Waals surface area contributed by atoms with Gasteiger partial charge in [-0.3, -0.25) is 4.79 Å². The van der Waals surface area contributed by atoms with Crippen molar-refractivity contribution in [3.8, 4) is 0 Å². The zero-order chi connectivity index (χ0) is 16.3. The maximum atomic E-state index is 12.7. The van der Waals surface area contributed by atoms with Gasteiger partial charge in [-0.25, -0.2) is 13.1 Å². The summed E-state index contributed by atoms with van der Waals surface area (Å²) in [5, 5.41) is 0. The standard InChI is InChI=1S/C16H24N2O3S/c1-12(2)10-15(17-22(3,20)21)16(19)18-9-8-13-6-4-5-7-14(13)11-18/h4-7,12,15,17H,8-11H2,1-3H3/t15-/m0/s1. The lowest BCUT2D eigenvalue weighted by Gasteiger charge is -2.32. The second kappa shape index (κ2) is 6.79. The number of sulfonamides is 1. The molecule has 1 amide bonds. The second-order valence-electron chi connectivity index (χ2n) is 6.35. The summed E-state index contributed by atoms with van der Waals surface area (Å²) >= 11 is 0. The number of nitrogens with one attached hydrogen (secondary N) is 1. The first-order chi connectivity index (χ1) is 10.3. The third-order valence-electron chi connectivity index (χ3n) is 3.80. The number of amides is 1. The summed E-state index contributed by atoms with van der Waals surface area (Å²) in [7, 11) is -3.41. The van der Waals surface area contributed by atoms with Gasteiger partial charge in [-0.15, -0.1) is 0 Å². The van der Waals surface area contributed by atoms with Gasteiger partial charge in [-0.1, -0.05) is 38.1 Å². The molecule has 0 bridgehead atoms. The Hall–Kier alpha value is -1.40. The Balaban J connectivity index is 2.14. The Bertz CT molecular complexity index is 641. The lowest BCUT2D eigenvalue weighted by molar-refractivity contribution is -0.134. The van der Waals surface area contributed by atoms with Gasteiger partial charge < -0.3 is 4.90 Å². The largest absolute Gasteiger partial charge is 0.337 e. The number of hydrogen-bond acceptors (Lipinski definition) is 3. The molecule has 0 aliphatic carbocycles. The van der Waals surface area contributed by atoms with Crippen LogP contribution >= 0.6 is 0 Å². The van der Waals surface area contributed by atoms with E-state index in [0.29, 0.717) is 19.5 Å². The van der Waals surface area contributed by atoms with Crippen LogP contribution in [0.15, 0.2) is 24.3 Å². The number of carbonyl (C=O) groups excluding carboxylic acids is 1. The van der Waals surface area contributed by atoms with Crippen LogP contribution in [0.1, 0.15) is 31.4 Å². The van der Waals surface area contributed by atoms with E-state index < -0.39 is 16.1 Å². The maximum absolute atomic E-state index is 12.7. The first-order valence-electron chi connectivity index (χ1n) is 7.59. The van der Waals surface area contributed by atoms with E-state index in [1.807, 2.05) is 32.0 Å². The average molecular weight is 324 g/mol. The summed E-state index contributed by atoms with van der Waals surface area (Å²) in [5.74, 6) is 0.105. The summed E-state index contributed by atoms with van der Waals surface area (Å²) in [5.41, 5.74) is 2.41. The fourth-order valence-corrected chi connectivity index (χ4v) is 3.55. The van der Waals surface area contributed by atoms with Gasteiger partial charge in [0.05, 0.1) is 6.26 Å². The smallest absolute Gasteiger partial charge is 0.241 e. The van der Waals surface area contributed by atoms with Crippen LogP contribution in [0.4, 0.5) is 0 Å². The van der Waals surface area contributed by atoms with E-state index in [1.165, 1.54) is 5.56 Å². The molecule has 2 rings (SSSR count). The molecule has 1 aliphatic rings. The fraction of sp³-hybridized carbons (Fsp3) is 0.562. The SMILES string of the molecule is CC(C)C[C@H](NS(C)(=O)=O)C(=O)N1CCc2ccccc2C1. The highest BCUT2D eigenvalue weighted by Crippen LogP contribution is 2.20. The van der Waals surface area contributed by atoms with Crippen molar-refractivity contribution in [1.29, 1.82) is 0 Å². The highest BCUT2D eigenvalue weighted by Gasteiger charge is 2.29. The lowest BCUT2D eigenvalue weighted by atomic mass is 9.98. The van der Waals surface area contributed by atoms with Crippen molar-refractivity contribution in [2.45, 2.75) is 39.3 Å². The molecule has 1 atom stereocenters. The molecule has 22 heavy (non-hydrogen) atoms. The summed E-state index contributed by atoms with van der Waals surface area (Å²) in [6, 6.07) is 7.39. The Kier molecular flexibility index (Phi) is 5.24. The third kappa shape index (κ3) is 4.55. The van der Waals surface area contributed by atoms with Crippen molar-refractivity contribution >= 4 is 15.9 Å². The Morgan fingerprint density at radius 2 is 1.91 bits per heavy atom. The lowest BCUT2D eigenvalue weighted by Crippen LogP contribution is -2.50. The average Bonchev–Trinajstić information content (AvgIpc) is 2.43. The predicted octanol–water partition coefficient (Wildman–Crippen LogP) is 1.54. The van der Waals surface area contributed by atoms with Crippen LogP contribution < -0.4 is 4.72 Å². The van der Waals surface area contributed by atoms with Gasteiger partial charge in [0.1, 0.15) is 6.04 Å². The first kappa shape index (κ1) is 17.0. The summed E-state index contributed by atoms with van der Waals surface area (Å²) in [6.45, 7) is 5.15. The van der Waals surface area contributed by atoms with E-state index >= 15 is 0 Å². The molecule has 0 unspecified atom stereocenters. The summed E-state index contributed by atoms with van der Waals surface area (Å²) in [4.78, 5) is 14.5. The predicted molar refractivity (Wildman–Crippen MR) is 86.8 cm³/mol. The number of rotatable bonds is 5. The maximum Gasteiger partial charge on any atom is 0.241 e. The van der Waals surface area contributed by atoms with Crippen LogP contribution in [0.5, 0.6) is 0 Å². The molecule has 122 valence electrons. The molecule has 0 fully saturated rings. The van der Waals surface area contributed by atoms with E-state index in [2.05, 4.69) is 10.8 Å². The molecule has 1 heterocycles. The molecular formula is C16H24N2O3S. The van der Waals surface area contributed by atoms with Crippen molar-refractivity contribution in [2.75, 3.05) is 12.8 Å². The highest BCUT2D eigenvalue weighted by atomic mass is 32.2. The van der Waals surface area contributed by atoms with Crippen molar-refractivity contribution in [2.24, 2.45) is 5.92 Å². The van der Waals surface area contributed by atoms with Crippen molar-refractivity contribution in [3.05, 3.63) is 35.4 Å². The topological polar surface area (TPSA) is 66.5 Å². The van der Waals surface area contributed by atoms with Crippen LogP contribution in [-0.4, -0.2) is 38.1 Å². The van der Waals surface area contributed by atoms with Crippen molar-refractivity contribution in [3.63, 3.8) is 0 Å². The van der Waals surface area contributed by atoms with Gasteiger partial charge in [0.15, 0.2) is 0 Å². The summed E-state index contributed by atoms with van der Waals surface area (Å²) in [6.07, 6.45) is 2.42. The van der Waals surface area contributed by atoms with Gasteiger partial charge in [-0.2, -0.15) is 0 Å². The second-order valence-corrected chi connectivity index (χ2v) is 8.13. The van der Waals surface area contributed by atoms with Crippen LogP contribution in [0.2, 0.25) is 0 Å². The van der Waals surface area contributed by atoms with E-state index in [4.69, 9.17) is 0 Å². The number of carbonyl (C=O) groups is 1. The van der Waals surface area contributed by atoms with E-state index in [9.17, 15) is 13.2 Å². The molecule has 0 spiro atoms. The highest BCUT2D eigenvalue weighted by molar-refractivity contribution is 7.88. The summed E-state index contributed by atoms with van der Waals surface area (Å²) < 4.78 is 25.5. The number of hydrogen-bond donors (Lipinski definition) is 1. The van der Waals surface area contributed by atoms with Crippen molar-refractivity contribution < 1.29 is 13.2 Å². The monoisotopic (exact) mass is 324 g/mol. The molecular weight excluding hydrogens is 300 g/mol. The minimum atomic E-state index is -3.41. The van der Waals surface area contributed by atoms with Crippen LogP contribution in [0, 0.1) is 5.92 Å². The minimum absolute atomic E-state index is 0.131. The van der Waals surface area contributed by atoms with E-state index in [0.717, 1.165) is 18.2 Å². The molecule has 0 aromatic heterocycles. The quantitative estimate of drug-likeness (QED) is 0.893. The zero-order valence-corrected chi connectivity index (χ0v) is 14.2. The molecule has 1 aromatic carbocycles. The first-order valence-corrected chi connectivity index (χ1v) is 9.48. The fourth-order valence-electron chi connectivity index (χ4n) is 2.83. The van der Waals surface area contributed by atoms with Gasteiger partial charge in [0.25, 0.3) is 0 Å². The molecule has 6 heteroatoms. The van der Waals surface area contributed by atoms with E-state index in [1.54, 1.807) is 4.90 Å². The zero-order valence-electron chi connectivity index (χ0n) is 13.4. The molecule has 0 saturated heterocycles. The Labute approximate surface area is 132 Å². The number of nitrogens with zero attached hydrogens (tertiary/aromatic N) is 1. The van der Waals surface area contributed by atoms with E-state index in [-0.39, 0.29) is 11.8 Å². The minimum Gasteiger partial charge on any atom is -0.337 e. The molecule has 0 saturated carbocycles. The Morgan fingerprint density at radius 3 is 2.50 bits per heavy atom. The Morgan fingerprint density at radius 1 is 1.27 bits per heavy atom. The molecule has 0 radical (unpaired) electrons. The molecule has 1 aliphatic heterocycles. The number of benzene rings is 1. The molecule has 1 N–H and O–H groups in total.